The fourth-order valence-corrected chi connectivity index (χ4v) is 7.80. The molecule has 8 heteroatoms. The lowest BCUT2D eigenvalue weighted by molar-refractivity contribution is -0.518. The van der Waals surface area contributed by atoms with Gasteiger partial charge >= 0.3 is 11.9 Å². The SMILES string of the molecule is C=C1CC[C@@H](C/C=C2/CC[C@]3(OC2)O[C@@]2(O)CC[C@]3(C)OC2(C)C)C(C)(C)[C@H]1[C@H](/C=C1/CCOC1=O)OC(C)=O. The number of allylic oxidation sites excluding steroid dienone is 1. The van der Waals surface area contributed by atoms with Crippen molar-refractivity contribution in [1.29, 1.82) is 0 Å². The molecule has 6 atom stereocenters. The first-order chi connectivity index (χ1) is 18.6. The van der Waals surface area contributed by atoms with Gasteiger partial charge in [-0.3, -0.25) is 4.79 Å². The summed E-state index contributed by atoms with van der Waals surface area (Å²) in [5.41, 5.74) is 1.19. The second-order valence-electron chi connectivity index (χ2n) is 13.7. The monoisotopic (exact) mass is 558 g/mol. The van der Waals surface area contributed by atoms with Gasteiger partial charge in [-0.05, 0) is 75.9 Å². The molecule has 6 aliphatic rings. The van der Waals surface area contributed by atoms with Crippen molar-refractivity contribution in [2.45, 2.75) is 122 Å². The van der Waals surface area contributed by atoms with Gasteiger partial charge in [0, 0.05) is 37.7 Å². The molecule has 5 saturated heterocycles. The molecule has 6 rings (SSSR count). The van der Waals surface area contributed by atoms with Crippen LogP contribution in [0.3, 0.4) is 0 Å². The van der Waals surface area contributed by atoms with Crippen LogP contribution in [0.4, 0.5) is 0 Å². The summed E-state index contributed by atoms with van der Waals surface area (Å²) in [7, 11) is 0. The van der Waals surface area contributed by atoms with Crippen LogP contribution in [-0.2, 0) is 33.3 Å². The number of carbonyl (C=O) groups excluding carboxylic acids is 2. The van der Waals surface area contributed by atoms with E-state index in [2.05, 4.69) is 26.5 Å². The third-order valence-electron chi connectivity index (χ3n) is 10.4. The van der Waals surface area contributed by atoms with Gasteiger partial charge in [0.25, 0.3) is 0 Å². The lowest BCUT2D eigenvalue weighted by Gasteiger charge is -2.66. The van der Waals surface area contributed by atoms with E-state index in [0.717, 1.165) is 31.3 Å². The molecule has 0 radical (unpaired) electrons. The molecular weight excluding hydrogens is 512 g/mol. The standard InChI is InChI=1S/C32H46O8/c1-20-8-10-24(28(3,4)26(20)25(38-21(2)33)18-23-13-17-36-27(23)34)11-9-22-12-14-32(37-19-22)30(7)15-16-31(35,40-32)29(5,6)39-30/h9,18,24-26,35H,1,8,10-17,19H2,2-7H3/b22-9-,23-18-/t24-,25-,26+,30-,31-,32-/m0/s1. The molecule has 5 aliphatic heterocycles. The maximum absolute atomic E-state index is 12.2. The Bertz CT molecular complexity index is 1120. The molecule has 0 amide bonds. The molecule has 1 aliphatic carbocycles. The third kappa shape index (κ3) is 4.89. The van der Waals surface area contributed by atoms with Gasteiger partial charge in [0.1, 0.15) is 17.3 Å². The summed E-state index contributed by atoms with van der Waals surface area (Å²) in [4.78, 5) is 24.3. The van der Waals surface area contributed by atoms with Crippen LogP contribution in [0.2, 0.25) is 0 Å². The normalized spacial score (nSPS) is 41.4. The number of hydrogen-bond acceptors (Lipinski definition) is 8. The fraction of sp³-hybridized carbons (Fsp3) is 0.750. The molecule has 1 N–H and O–H groups in total. The molecule has 0 aromatic heterocycles. The van der Waals surface area contributed by atoms with E-state index in [1.54, 1.807) is 6.08 Å². The number of ether oxygens (including phenoxy) is 5. The molecule has 5 heterocycles. The highest BCUT2D eigenvalue weighted by Gasteiger charge is 2.70. The van der Waals surface area contributed by atoms with Crippen molar-refractivity contribution in [3.8, 4) is 0 Å². The molecule has 0 unspecified atom stereocenters. The zero-order chi connectivity index (χ0) is 29.1. The third-order valence-corrected chi connectivity index (χ3v) is 10.4. The molecular formula is C32H46O8. The predicted octanol–water partition coefficient (Wildman–Crippen LogP) is 5.29. The number of cyclic esters (lactones) is 1. The van der Waals surface area contributed by atoms with Crippen molar-refractivity contribution in [2.24, 2.45) is 17.3 Å². The zero-order valence-electron chi connectivity index (χ0n) is 25.0. The molecule has 222 valence electrons. The van der Waals surface area contributed by atoms with Gasteiger partial charge in [0.15, 0.2) is 5.79 Å². The lowest BCUT2D eigenvalue weighted by atomic mass is 9.58. The van der Waals surface area contributed by atoms with Crippen molar-refractivity contribution >= 4 is 11.9 Å². The minimum Gasteiger partial charge on any atom is -0.462 e. The van der Waals surface area contributed by atoms with Crippen LogP contribution in [0.1, 0.15) is 92.9 Å². The van der Waals surface area contributed by atoms with Gasteiger partial charge in [-0.2, -0.15) is 0 Å². The molecule has 40 heavy (non-hydrogen) atoms. The summed E-state index contributed by atoms with van der Waals surface area (Å²) >= 11 is 0. The predicted molar refractivity (Wildman–Crippen MR) is 148 cm³/mol. The molecule has 0 aromatic rings. The van der Waals surface area contributed by atoms with Gasteiger partial charge in [-0.25, -0.2) is 4.79 Å². The van der Waals surface area contributed by atoms with E-state index in [-0.39, 0.29) is 23.3 Å². The Morgan fingerprint density at radius 1 is 1.12 bits per heavy atom. The fourth-order valence-electron chi connectivity index (χ4n) is 7.80. The molecule has 0 aromatic carbocycles. The van der Waals surface area contributed by atoms with E-state index < -0.39 is 28.9 Å². The average Bonchev–Trinajstić information content (AvgIpc) is 3.25. The topological polar surface area (TPSA) is 101 Å². The summed E-state index contributed by atoms with van der Waals surface area (Å²) in [6.45, 7) is 16.8. The maximum atomic E-state index is 12.2. The van der Waals surface area contributed by atoms with Crippen LogP contribution in [0, 0.1) is 17.3 Å². The van der Waals surface area contributed by atoms with E-state index in [9.17, 15) is 14.7 Å². The summed E-state index contributed by atoms with van der Waals surface area (Å²) in [5, 5.41) is 11.2. The second kappa shape index (κ2) is 10.1. The molecule has 6 fully saturated rings. The first kappa shape index (κ1) is 29.5. The van der Waals surface area contributed by atoms with Gasteiger partial charge in [0.05, 0.1) is 13.2 Å². The highest BCUT2D eigenvalue weighted by Crippen LogP contribution is 2.59. The minimum absolute atomic E-state index is 0.118. The molecule has 1 spiro atoms. The lowest BCUT2D eigenvalue weighted by Crippen LogP contribution is -2.78. The molecule has 8 nitrogen and oxygen atoms in total. The zero-order valence-corrected chi connectivity index (χ0v) is 25.0. The Labute approximate surface area is 238 Å². The van der Waals surface area contributed by atoms with Gasteiger partial charge in [-0.1, -0.05) is 32.1 Å². The number of carbonyl (C=O) groups is 2. The van der Waals surface area contributed by atoms with E-state index in [1.807, 2.05) is 20.8 Å². The van der Waals surface area contributed by atoms with Crippen LogP contribution in [0.5, 0.6) is 0 Å². The van der Waals surface area contributed by atoms with E-state index in [4.69, 9.17) is 23.7 Å². The maximum Gasteiger partial charge on any atom is 0.333 e. The van der Waals surface area contributed by atoms with Gasteiger partial charge in [-0.15, -0.1) is 0 Å². The smallest absolute Gasteiger partial charge is 0.333 e. The van der Waals surface area contributed by atoms with Crippen LogP contribution in [0.25, 0.3) is 0 Å². The van der Waals surface area contributed by atoms with E-state index in [0.29, 0.717) is 50.4 Å². The highest BCUT2D eigenvalue weighted by molar-refractivity contribution is 5.90. The first-order valence-electron chi connectivity index (χ1n) is 14.8. The summed E-state index contributed by atoms with van der Waals surface area (Å²) in [5.74, 6) is -2.82. The first-order valence-corrected chi connectivity index (χ1v) is 14.8. The number of aliphatic hydroxyl groups is 1. The minimum atomic E-state index is -1.36. The second-order valence-corrected chi connectivity index (χ2v) is 13.7. The van der Waals surface area contributed by atoms with Crippen molar-refractivity contribution in [2.75, 3.05) is 13.2 Å². The molecule has 2 bridgehead atoms. The Morgan fingerprint density at radius 2 is 1.88 bits per heavy atom. The Balaban J connectivity index is 1.29. The van der Waals surface area contributed by atoms with Crippen LogP contribution in [0.15, 0.2) is 35.5 Å². The van der Waals surface area contributed by atoms with Crippen LogP contribution in [-0.4, -0.2) is 59.1 Å². The van der Waals surface area contributed by atoms with Crippen LogP contribution < -0.4 is 0 Å². The van der Waals surface area contributed by atoms with Gasteiger partial charge < -0.3 is 28.8 Å². The van der Waals surface area contributed by atoms with E-state index >= 15 is 0 Å². The molecule has 1 saturated carbocycles. The largest absolute Gasteiger partial charge is 0.462 e. The summed E-state index contributed by atoms with van der Waals surface area (Å²) < 4.78 is 30.1. The van der Waals surface area contributed by atoms with Crippen molar-refractivity contribution < 1.29 is 38.4 Å². The van der Waals surface area contributed by atoms with Gasteiger partial charge in [0.2, 0.25) is 5.79 Å². The highest BCUT2D eigenvalue weighted by atomic mass is 16.8. The summed E-state index contributed by atoms with van der Waals surface area (Å²) in [6.07, 6.45) is 9.37. The average molecular weight is 559 g/mol. The van der Waals surface area contributed by atoms with Crippen molar-refractivity contribution in [3.05, 3.63) is 35.5 Å². The van der Waals surface area contributed by atoms with E-state index in [1.165, 1.54) is 12.5 Å². The summed E-state index contributed by atoms with van der Waals surface area (Å²) in [6, 6.07) is 0. The number of fused-ring (bicyclic) bond motifs is 2. The Hall–Kier alpha value is -2.00. The van der Waals surface area contributed by atoms with Crippen LogP contribution >= 0.6 is 0 Å². The van der Waals surface area contributed by atoms with Crippen molar-refractivity contribution in [1.82, 2.24) is 0 Å². The quantitative estimate of drug-likeness (QED) is 0.276. The number of rotatable bonds is 5. The Kier molecular flexibility index (Phi) is 7.43. The number of esters is 2. The van der Waals surface area contributed by atoms with Crippen molar-refractivity contribution in [3.63, 3.8) is 0 Å². The Morgan fingerprint density at radius 3 is 2.48 bits per heavy atom. The number of hydrogen-bond donors (Lipinski definition) is 1.